The van der Waals surface area contributed by atoms with Gasteiger partial charge in [0.05, 0.1) is 10.7 Å². The Labute approximate surface area is 99.3 Å². The van der Waals surface area contributed by atoms with Crippen molar-refractivity contribution in [1.29, 1.82) is 0 Å². The fourth-order valence-corrected chi connectivity index (χ4v) is 1.63. The molecule has 4 nitrogen and oxygen atoms in total. The smallest absolute Gasteiger partial charge is 0.0634 e. The van der Waals surface area contributed by atoms with Gasteiger partial charge in [-0.25, -0.2) is 0 Å². The molecule has 16 heavy (non-hydrogen) atoms. The molecular weight excluding hydrogens is 224 g/mol. The normalized spacial score (nSPS) is 10.6. The Kier molecular flexibility index (Phi) is 3.54. The second-order valence-corrected chi connectivity index (χ2v) is 3.92. The summed E-state index contributed by atoms with van der Waals surface area (Å²) < 4.78 is 1.85. The molecule has 0 aliphatic heterocycles. The first-order valence-corrected chi connectivity index (χ1v) is 5.41. The molecule has 5 heteroatoms. The number of pyridine rings is 1. The fourth-order valence-electron chi connectivity index (χ4n) is 1.45. The molecule has 0 bridgehead atoms. The highest BCUT2D eigenvalue weighted by Gasteiger charge is 2.00. The lowest BCUT2D eigenvalue weighted by Crippen LogP contribution is -2.15. The summed E-state index contributed by atoms with van der Waals surface area (Å²) >= 11 is 6.00. The number of hydrogen-bond donors (Lipinski definition) is 1. The minimum absolute atomic E-state index is 0.694. The van der Waals surface area contributed by atoms with Gasteiger partial charge in [-0.15, -0.1) is 0 Å². The lowest BCUT2D eigenvalue weighted by atomic mass is 10.2. The molecule has 2 aromatic heterocycles. The Balaban J connectivity index is 1.89. The molecule has 0 fully saturated rings. The quantitative estimate of drug-likeness (QED) is 0.880. The Hall–Kier alpha value is -1.39. The van der Waals surface area contributed by atoms with Gasteiger partial charge >= 0.3 is 0 Å². The van der Waals surface area contributed by atoms with Crippen LogP contribution in [-0.2, 0) is 20.1 Å². The monoisotopic (exact) mass is 236 g/mol. The van der Waals surface area contributed by atoms with Gasteiger partial charge in [0.1, 0.15) is 0 Å². The third-order valence-electron chi connectivity index (χ3n) is 2.40. The minimum atomic E-state index is 0.694. The van der Waals surface area contributed by atoms with Crippen molar-refractivity contribution in [1.82, 2.24) is 20.1 Å². The number of nitrogens with one attached hydrogen (secondary N) is 1. The van der Waals surface area contributed by atoms with Crippen LogP contribution in [0, 0.1) is 0 Å². The van der Waals surface area contributed by atoms with E-state index in [9.17, 15) is 0 Å². The first-order valence-electron chi connectivity index (χ1n) is 5.03. The highest BCUT2D eigenvalue weighted by atomic mass is 35.5. The van der Waals surface area contributed by atoms with E-state index >= 15 is 0 Å². The Morgan fingerprint density at radius 3 is 2.88 bits per heavy atom. The zero-order valence-corrected chi connectivity index (χ0v) is 9.78. The Bertz CT molecular complexity index is 467. The molecule has 0 aliphatic rings. The van der Waals surface area contributed by atoms with Crippen molar-refractivity contribution in [3.63, 3.8) is 0 Å². The van der Waals surface area contributed by atoms with Crippen LogP contribution in [0.4, 0.5) is 0 Å². The second kappa shape index (κ2) is 5.09. The summed E-state index contributed by atoms with van der Waals surface area (Å²) in [6.45, 7) is 1.50. The third-order valence-corrected chi connectivity index (χ3v) is 2.74. The van der Waals surface area contributed by atoms with Gasteiger partial charge in [-0.05, 0) is 17.7 Å². The summed E-state index contributed by atoms with van der Waals surface area (Å²) in [5.41, 5.74) is 2.20. The molecule has 2 rings (SSSR count). The maximum absolute atomic E-state index is 6.00. The average molecular weight is 237 g/mol. The van der Waals surface area contributed by atoms with Gasteiger partial charge in [-0.3, -0.25) is 9.67 Å². The van der Waals surface area contributed by atoms with Gasteiger partial charge in [-0.1, -0.05) is 11.6 Å². The van der Waals surface area contributed by atoms with Crippen LogP contribution in [0.3, 0.4) is 0 Å². The SMILES string of the molecule is Cn1nccc1CNCc1ccncc1Cl. The molecule has 0 aromatic carbocycles. The number of halogens is 1. The van der Waals surface area contributed by atoms with E-state index < -0.39 is 0 Å². The average Bonchev–Trinajstić information content (AvgIpc) is 2.67. The summed E-state index contributed by atoms with van der Waals surface area (Å²) in [6.07, 6.45) is 5.19. The number of aryl methyl sites for hydroxylation is 1. The standard InChI is InChI=1S/C11H13ClN4/c1-16-10(3-5-15-16)7-14-6-9-2-4-13-8-11(9)12/h2-5,8,14H,6-7H2,1H3. The maximum atomic E-state index is 6.00. The van der Waals surface area contributed by atoms with Crippen LogP contribution in [0.15, 0.2) is 30.7 Å². The van der Waals surface area contributed by atoms with Crippen LogP contribution in [0.25, 0.3) is 0 Å². The zero-order valence-electron chi connectivity index (χ0n) is 9.02. The van der Waals surface area contributed by atoms with E-state index in [0.717, 1.165) is 24.3 Å². The number of hydrogen-bond acceptors (Lipinski definition) is 3. The van der Waals surface area contributed by atoms with Crippen molar-refractivity contribution in [2.45, 2.75) is 13.1 Å². The molecule has 0 saturated heterocycles. The molecule has 2 heterocycles. The van der Waals surface area contributed by atoms with Crippen LogP contribution in [0.1, 0.15) is 11.3 Å². The largest absolute Gasteiger partial charge is 0.307 e. The lowest BCUT2D eigenvalue weighted by molar-refractivity contribution is 0.626. The molecule has 0 unspecified atom stereocenters. The van der Waals surface area contributed by atoms with E-state index in [0.29, 0.717) is 5.02 Å². The van der Waals surface area contributed by atoms with Gasteiger partial charge < -0.3 is 5.32 Å². The molecule has 84 valence electrons. The summed E-state index contributed by atoms with van der Waals surface area (Å²) in [5.74, 6) is 0. The van der Waals surface area contributed by atoms with Gasteiger partial charge in [0.2, 0.25) is 0 Å². The van der Waals surface area contributed by atoms with Crippen molar-refractivity contribution >= 4 is 11.6 Å². The van der Waals surface area contributed by atoms with Crippen LogP contribution < -0.4 is 5.32 Å². The molecule has 0 amide bonds. The van der Waals surface area contributed by atoms with E-state index in [1.165, 1.54) is 0 Å². The molecule has 0 spiro atoms. The summed E-state index contributed by atoms with van der Waals surface area (Å²) in [5, 5.41) is 8.11. The topological polar surface area (TPSA) is 42.7 Å². The predicted octanol–water partition coefficient (Wildman–Crippen LogP) is 1.76. The molecule has 2 aromatic rings. The Morgan fingerprint density at radius 2 is 2.19 bits per heavy atom. The van der Waals surface area contributed by atoms with Crippen molar-refractivity contribution in [2.75, 3.05) is 0 Å². The van der Waals surface area contributed by atoms with Gasteiger partial charge in [0, 0.05) is 38.7 Å². The number of aromatic nitrogens is 3. The van der Waals surface area contributed by atoms with Crippen LogP contribution in [-0.4, -0.2) is 14.8 Å². The number of nitrogens with zero attached hydrogens (tertiary/aromatic N) is 3. The predicted molar refractivity (Wildman–Crippen MR) is 63.0 cm³/mol. The van der Waals surface area contributed by atoms with Crippen molar-refractivity contribution in [3.8, 4) is 0 Å². The van der Waals surface area contributed by atoms with Crippen LogP contribution in [0.5, 0.6) is 0 Å². The summed E-state index contributed by atoms with van der Waals surface area (Å²) in [6, 6.07) is 3.90. The van der Waals surface area contributed by atoms with E-state index in [4.69, 9.17) is 11.6 Å². The minimum Gasteiger partial charge on any atom is -0.307 e. The van der Waals surface area contributed by atoms with E-state index in [2.05, 4.69) is 15.4 Å². The summed E-state index contributed by atoms with van der Waals surface area (Å²) in [4.78, 5) is 3.94. The second-order valence-electron chi connectivity index (χ2n) is 3.52. The van der Waals surface area contributed by atoms with Crippen molar-refractivity contribution in [2.24, 2.45) is 7.05 Å². The highest BCUT2D eigenvalue weighted by Crippen LogP contribution is 2.12. The van der Waals surface area contributed by atoms with Gasteiger partial charge in [0.25, 0.3) is 0 Å². The highest BCUT2D eigenvalue weighted by molar-refractivity contribution is 6.31. The molecule has 0 saturated carbocycles. The van der Waals surface area contributed by atoms with Crippen molar-refractivity contribution < 1.29 is 0 Å². The lowest BCUT2D eigenvalue weighted by Gasteiger charge is -2.06. The molecule has 0 radical (unpaired) electrons. The molecule has 1 N–H and O–H groups in total. The van der Waals surface area contributed by atoms with Gasteiger partial charge in [-0.2, -0.15) is 5.10 Å². The molecular formula is C11H13ClN4. The molecule has 0 atom stereocenters. The van der Waals surface area contributed by atoms with Crippen LogP contribution in [0.2, 0.25) is 5.02 Å². The first kappa shape index (κ1) is 11.1. The maximum Gasteiger partial charge on any atom is 0.0634 e. The molecule has 0 aliphatic carbocycles. The Morgan fingerprint density at radius 1 is 1.31 bits per heavy atom. The van der Waals surface area contributed by atoms with E-state index in [-0.39, 0.29) is 0 Å². The third kappa shape index (κ3) is 2.59. The van der Waals surface area contributed by atoms with E-state index in [1.807, 2.05) is 23.9 Å². The zero-order chi connectivity index (χ0) is 11.4. The summed E-state index contributed by atoms with van der Waals surface area (Å²) in [7, 11) is 1.93. The van der Waals surface area contributed by atoms with Crippen molar-refractivity contribution in [3.05, 3.63) is 47.0 Å². The number of rotatable bonds is 4. The fraction of sp³-hybridized carbons (Fsp3) is 0.273. The van der Waals surface area contributed by atoms with Gasteiger partial charge in [0.15, 0.2) is 0 Å². The first-order chi connectivity index (χ1) is 7.77. The van der Waals surface area contributed by atoms with Crippen LogP contribution >= 0.6 is 11.6 Å². The van der Waals surface area contributed by atoms with E-state index in [1.54, 1.807) is 18.6 Å².